The van der Waals surface area contributed by atoms with Crippen molar-refractivity contribution in [2.75, 3.05) is 11.1 Å². The van der Waals surface area contributed by atoms with Gasteiger partial charge in [-0.25, -0.2) is 0 Å². The first-order chi connectivity index (χ1) is 5.42. The number of rotatable bonds is 1. The Balaban J connectivity index is 2.39. The Kier molecular flexibility index (Phi) is 2.23. The Bertz CT molecular complexity index is 259. The maximum absolute atomic E-state index is 3.53. The monoisotopic (exact) mass is 228 g/mol. The maximum Gasteiger partial charge on any atom is 0.0109 e. The fourth-order valence-electron chi connectivity index (χ4n) is 1.36. The van der Waals surface area contributed by atoms with E-state index in [1.807, 2.05) is 11.8 Å². The van der Waals surface area contributed by atoms with Crippen LogP contribution in [0.3, 0.4) is 0 Å². The van der Waals surface area contributed by atoms with E-state index < -0.39 is 0 Å². The summed E-state index contributed by atoms with van der Waals surface area (Å²) < 4.78 is 0. The Morgan fingerprint density at radius 1 is 1.45 bits per heavy atom. The molecular weight excluding hydrogens is 220 g/mol. The van der Waals surface area contributed by atoms with Crippen molar-refractivity contribution in [3.63, 3.8) is 0 Å². The molecule has 1 aromatic rings. The van der Waals surface area contributed by atoms with E-state index in [0.717, 1.165) is 11.2 Å². The number of fused-ring (bicyclic) bond motifs is 1. The number of halogens is 1. The molecular formula is C9H9BrS. The highest BCUT2D eigenvalue weighted by Gasteiger charge is 2.20. The number of benzene rings is 1. The normalized spacial score (nSPS) is 21.7. The predicted octanol–water partition coefficient (Wildman–Crippen LogP) is 3.27. The summed E-state index contributed by atoms with van der Waals surface area (Å²) in [5.41, 5.74) is 1.52. The molecule has 1 heterocycles. The molecule has 0 saturated carbocycles. The van der Waals surface area contributed by atoms with Gasteiger partial charge in [-0.2, -0.15) is 0 Å². The topological polar surface area (TPSA) is 0 Å². The maximum atomic E-state index is 3.53. The molecule has 0 saturated heterocycles. The first-order valence-electron chi connectivity index (χ1n) is 3.69. The van der Waals surface area contributed by atoms with Crippen LogP contribution in [0.25, 0.3) is 0 Å². The van der Waals surface area contributed by atoms with Crippen molar-refractivity contribution in [3.8, 4) is 0 Å². The second-order valence-corrected chi connectivity index (χ2v) is 4.41. The van der Waals surface area contributed by atoms with Crippen LogP contribution in [0, 0.1) is 0 Å². The second-order valence-electron chi connectivity index (χ2n) is 2.70. The molecule has 0 amide bonds. The molecule has 1 aliphatic rings. The minimum absolute atomic E-state index is 0.733. The van der Waals surface area contributed by atoms with Gasteiger partial charge in [0.25, 0.3) is 0 Å². The third kappa shape index (κ3) is 1.34. The van der Waals surface area contributed by atoms with E-state index in [9.17, 15) is 0 Å². The largest absolute Gasteiger partial charge is 0.125 e. The zero-order valence-corrected chi connectivity index (χ0v) is 8.49. The Morgan fingerprint density at radius 2 is 2.27 bits per heavy atom. The van der Waals surface area contributed by atoms with Gasteiger partial charge in [-0.3, -0.25) is 0 Å². The number of hydrogen-bond donors (Lipinski definition) is 0. The molecule has 1 aliphatic heterocycles. The van der Waals surface area contributed by atoms with Gasteiger partial charge in [0, 0.05) is 21.9 Å². The minimum Gasteiger partial charge on any atom is -0.125 e. The van der Waals surface area contributed by atoms with Crippen molar-refractivity contribution in [1.82, 2.24) is 0 Å². The fraction of sp³-hybridized carbons (Fsp3) is 0.333. The van der Waals surface area contributed by atoms with Crippen LogP contribution in [0.2, 0.25) is 0 Å². The van der Waals surface area contributed by atoms with E-state index in [4.69, 9.17) is 0 Å². The zero-order chi connectivity index (χ0) is 7.68. The molecule has 1 unspecified atom stereocenters. The number of alkyl halides is 1. The molecule has 1 aromatic carbocycles. The summed E-state index contributed by atoms with van der Waals surface area (Å²) in [6.45, 7) is 0. The first kappa shape index (κ1) is 7.69. The molecule has 0 nitrogen and oxygen atoms in total. The van der Waals surface area contributed by atoms with E-state index in [0.29, 0.717) is 0 Å². The SMILES string of the molecule is BrCC1CSc2ccccc21. The van der Waals surface area contributed by atoms with Gasteiger partial charge >= 0.3 is 0 Å². The van der Waals surface area contributed by atoms with E-state index in [2.05, 4.69) is 40.2 Å². The molecule has 0 spiro atoms. The molecule has 0 bridgehead atoms. The zero-order valence-electron chi connectivity index (χ0n) is 6.09. The lowest BCUT2D eigenvalue weighted by Gasteiger charge is -2.03. The van der Waals surface area contributed by atoms with Crippen LogP contribution in [-0.4, -0.2) is 11.1 Å². The molecule has 11 heavy (non-hydrogen) atoms. The van der Waals surface area contributed by atoms with Crippen molar-refractivity contribution >= 4 is 27.7 Å². The highest BCUT2D eigenvalue weighted by atomic mass is 79.9. The molecule has 2 heteroatoms. The molecule has 0 aromatic heterocycles. The average Bonchev–Trinajstić information content (AvgIpc) is 2.47. The summed E-state index contributed by atoms with van der Waals surface area (Å²) in [5, 5.41) is 1.09. The predicted molar refractivity (Wildman–Crippen MR) is 53.7 cm³/mol. The van der Waals surface area contributed by atoms with Gasteiger partial charge in [-0.15, -0.1) is 11.8 Å². The Morgan fingerprint density at radius 3 is 3.09 bits per heavy atom. The Labute approximate surface area is 79.5 Å². The van der Waals surface area contributed by atoms with Gasteiger partial charge in [0.05, 0.1) is 0 Å². The van der Waals surface area contributed by atoms with Crippen LogP contribution in [-0.2, 0) is 0 Å². The van der Waals surface area contributed by atoms with E-state index >= 15 is 0 Å². The number of hydrogen-bond acceptors (Lipinski definition) is 1. The summed E-state index contributed by atoms with van der Waals surface area (Å²) in [6, 6.07) is 8.69. The van der Waals surface area contributed by atoms with Crippen LogP contribution in [0.5, 0.6) is 0 Å². The lowest BCUT2D eigenvalue weighted by molar-refractivity contribution is 0.904. The summed E-state index contributed by atoms with van der Waals surface area (Å²) in [7, 11) is 0. The summed E-state index contributed by atoms with van der Waals surface area (Å²) in [5.74, 6) is 1.97. The molecule has 1 atom stereocenters. The van der Waals surface area contributed by atoms with E-state index in [1.165, 1.54) is 16.2 Å². The van der Waals surface area contributed by atoms with Crippen molar-refractivity contribution in [1.29, 1.82) is 0 Å². The van der Waals surface area contributed by atoms with Gasteiger partial charge in [-0.05, 0) is 11.6 Å². The van der Waals surface area contributed by atoms with Crippen molar-refractivity contribution in [3.05, 3.63) is 29.8 Å². The average molecular weight is 229 g/mol. The quantitative estimate of drug-likeness (QED) is 0.666. The van der Waals surface area contributed by atoms with Crippen LogP contribution in [0.4, 0.5) is 0 Å². The summed E-state index contributed by atoms with van der Waals surface area (Å²) in [6.07, 6.45) is 0. The molecule has 0 radical (unpaired) electrons. The number of thioether (sulfide) groups is 1. The minimum atomic E-state index is 0.733. The molecule has 2 rings (SSSR count). The standard InChI is InChI=1S/C9H9BrS/c10-5-7-6-11-9-4-2-1-3-8(7)9/h1-4,7H,5-6H2. The second kappa shape index (κ2) is 3.20. The molecule has 0 fully saturated rings. The van der Waals surface area contributed by atoms with Crippen LogP contribution in [0.1, 0.15) is 11.5 Å². The summed E-state index contributed by atoms with van der Waals surface area (Å²) in [4.78, 5) is 1.47. The molecule has 58 valence electrons. The van der Waals surface area contributed by atoms with Gasteiger partial charge in [0.2, 0.25) is 0 Å². The lowest BCUT2D eigenvalue weighted by Crippen LogP contribution is -1.96. The molecule has 0 N–H and O–H groups in total. The third-order valence-corrected chi connectivity index (χ3v) is 4.02. The van der Waals surface area contributed by atoms with Crippen LogP contribution >= 0.6 is 27.7 Å². The fourth-order valence-corrected chi connectivity index (χ4v) is 3.49. The van der Waals surface area contributed by atoms with E-state index in [-0.39, 0.29) is 0 Å². The lowest BCUT2D eigenvalue weighted by atomic mass is 10.0. The van der Waals surface area contributed by atoms with Crippen LogP contribution < -0.4 is 0 Å². The van der Waals surface area contributed by atoms with Crippen molar-refractivity contribution in [2.45, 2.75) is 10.8 Å². The van der Waals surface area contributed by atoms with Crippen molar-refractivity contribution < 1.29 is 0 Å². The van der Waals surface area contributed by atoms with Gasteiger partial charge < -0.3 is 0 Å². The highest BCUT2D eigenvalue weighted by Crippen LogP contribution is 2.39. The van der Waals surface area contributed by atoms with Crippen LogP contribution in [0.15, 0.2) is 29.2 Å². The highest BCUT2D eigenvalue weighted by molar-refractivity contribution is 9.09. The smallest absolute Gasteiger partial charge is 0.0109 e. The first-order valence-corrected chi connectivity index (χ1v) is 5.80. The van der Waals surface area contributed by atoms with Gasteiger partial charge in [-0.1, -0.05) is 34.1 Å². The van der Waals surface area contributed by atoms with Gasteiger partial charge in [0.1, 0.15) is 0 Å². The third-order valence-electron chi connectivity index (χ3n) is 1.99. The Hall–Kier alpha value is 0.0500. The van der Waals surface area contributed by atoms with Gasteiger partial charge in [0.15, 0.2) is 0 Å². The van der Waals surface area contributed by atoms with Crippen molar-refractivity contribution in [2.24, 2.45) is 0 Å². The van der Waals surface area contributed by atoms with E-state index in [1.54, 1.807) is 0 Å². The molecule has 0 aliphatic carbocycles. The summed E-state index contributed by atoms with van der Waals surface area (Å²) >= 11 is 5.50.